The Morgan fingerprint density at radius 2 is 1.87 bits per heavy atom. The van der Waals surface area contributed by atoms with Crippen molar-refractivity contribution in [1.29, 1.82) is 0 Å². The largest absolute Gasteiger partial charge is 0.497 e. The van der Waals surface area contributed by atoms with E-state index in [4.69, 9.17) is 9.15 Å². The number of methoxy groups -OCH3 is 1. The lowest BCUT2D eigenvalue weighted by atomic mass is 9.93. The van der Waals surface area contributed by atoms with Crippen LogP contribution in [0.5, 0.6) is 5.75 Å². The Labute approximate surface area is 136 Å². The molecule has 116 valence electrons. The number of hydrogen-bond acceptors (Lipinski definition) is 3. The second-order valence-corrected chi connectivity index (χ2v) is 5.28. The van der Waals surface area contributed by atoms with Crippen LogP contribution in [-0.2, 0) is 0 Å². The number of benzene rings is 2. The van der Waals surface area contributed by atoms with Gasteiger partial charge in [-0.2, -0.15) is 0 Å². The van der Waals surface area contributed by atoms with E-state index in [1.54, 1.807) is 13.3 Å². The van der Waals surface area contributed by atoms with Crippen LogP contribution in [-0.4, -0.2) is 12.1 Å². The molecular weight excluding hydrogens is 286 g/mol. The predicted molar refractivity (Wildman–Crippen MR) is 91.6 cm³/mol. The SMILES string of the molecule is C=CCC(c1ccc(OC)cc1)c1cnc(-c2ccccc2)o1. The number of hydrogen-bond donors (Lipinski definition) is 0. The number of aromatic nitrogens is 1. The molecule has 0 N–H and O–H groups in total. The van der Waals surface area contributed by atoms with Gasteiger partial charge in [-0.3, -0.25) is 0 Å². The molecule has 1 atom stereocenters. The number of ether oxygens (including phenoxy) is 1. The molecule has 0 aliphatic carbocycles. The summed E-state index contributed by atoms with van der Waals surface area (Å²) in [6.45, 7) is 3.86. The van der Waals surface area contributed by atoms with E-state index in [1.165, 1.54) is 0 Å². The van der Waals surface area contributed by atoms with E-state index in [-0.39, 0.29) is 5.92 Å². The van der Waals surface area contributed by atoms with E-state index in [0.717, 1.165) is 29.1 Å². The minimum absolute atomic E-state index is 0.100. The van der Waals surface area contributed by atoms with Gasteiger partial charge in [-0.1, -0.05) is 36.4 Å². The maximum Gasteiger partial charge on any atom is 0.226 e. The number of rotatable bonds is 6. The fourth-order valence-electron chi connectivity index (χ4n) is 2.58. The van der Waals surface area contributed by atoms with Gasteiger partial charge in [0.25, 0.3) is 0 Å². The molecule has 23 heavy (non-hydrogen) atoms. The first-order chi connectivity index (χ1) is 11.3. The Kier molecular flexibility index (Phi) is 4.57. The lowest BCUT2D eigenvalue weighted by molar-refractivity contribution is 0.414. The van der Waals surface area contributed by atoms with Crippen molar-refractivity contribution in [2.45, 2.75) is 12.3 Å². The number of nitrogens with zero attached hydrogens (tertiary/aromatic N) is 1. The van der Waals surface area contributed by atoms with Crippen LogP contribution in [0.15, 0.2) is 77.9 Å². The van der Waals surface area contributed by atoms with Crippen LogP contribution in [0.1, 0.15) is 23.7 Å². The van der Waals surface area contributed by atoms with Crippen molar-refractivity contribution < 1.29 is 9.15 Å². The van der Waals surface area contributed by atoms with E-state index in [1.807, 2.05) is 48.5 Å². The fourth-order valence-corrected chi connectivity index (χ4v) is 2.58. The van der Waals surface area contributed by atoms with E-state index in [0.29, 0.717) is 5.89 Å². The second kappa shape index (κ2) is 6.97. The molecule has 0 radical (unpaired) electrons. The molecule has 1 unspecified atom stereocenters. The third kappa shape index (κ3) is 3.34. The summed E-state index contributed by atoms with van der Waals surface area (Å²) < 4.78 is 11.2. The van der Waals surface area contributed by atoms with Crippen molar-refractivity contribution in [3.05, 3.63) is 84.8 Å². The highest BCUT2D eigenvalue weighted by Crippen LogP contribution is 2.32. The van der Waals surface area contributed by atoms with Crippen molar-refractivity contribution in [1.82, 2.24) is 4.98 Å². The highest BCUT2D eigenvalue weighted by atomic mass is 16.5. The summed E-state index contributed by atoms with van der Waals surface area (Å²) in [7, 11) is 1.67. The van der Waals surface area contributed by atoms with Gasteiger partial charge in [0.1, 0.15) is 11.5 Å². The Bertz CT molecular complexity index is 760. The second-order valence-electron chi connectivity index (χ2n) is 5.28. The average molecular weight is 305 g/mol. The van der Waals surface area contributed by atoms with E-state index in [2.05, 4.69) is 23.7 Å². The summed E-state index contributed by atoms with van der Waals surface area (Å²) >= 11 is 0. The van der Waals surface area contributed by atoms with Crippen molar-refractivity contribution in [3.8, 4) is 17.2 Å². The first-order valence-corrected chi connectivity index (χ1v) is 7.58. The minimum atomic E-state index is 0.100. The normalized spacial score (nSPS) is 11.9. The summed E-state index contributed by atoms with van der Waals surface area (Å²) in [5.74, 6) is 2.43. The molecule has 0 fully saturated rings. The lowest BCUT2D eigenvalue weighted by Crippen LogP contribution is -1.98. The van der Waals surface area contributed by atoms with Crippen molar-refractivity contribution in [3.63, 3.8) is 0 Å². The zero-order valence-corrected chi connectivity index (χ0v) is 13.1. The van der Waals surface area contributed by atoms with Crippen LogP contribution in [0.3, 0.4) is 0 Å². The Balaban J connectivity index is 1.92. The molecule has 0 aliphatic heterocycles. The molecule has 1 aromatic heterocycles. The molecule has 3 heteroatoms. The molecule has 0 aliphatic rings. The van der Waals surface area contributed by atoms with Gasteiger partial charge in [0, 0.05) is 11.5 Å². The topological polar surface area (TPSA) is 35.3 Å². The highest BCUT2D eigenvalue weighted by Gasteiger charge is 2.18. The summed E-state index contributed by atoms with van der Waals surface area (Å²) in [6, 6.07) is 17.9. The zero-order chi connectivity index (χ0) is 16.1. The quantitative estimate of drug-likeness (QED) is 0.597. The number of allylic oxidation sites excluding steroid dienone is 1. The Morgan fingerprint density at radius 3 is 2.52 bits per heavy atom. The zero-order valence-electron chi connectivity index (χ0n) is 13.1. The van der Waals surface area contributed by atoms with E-state index in [9.17, 15) is 0 Å². The van der Waals surface area contributed by atoms with Gasteiger partial charge in [0.15, 0.2) is 0 Å². The first kappa shape index (κ1) is 15.1. The van der Waals surface area contributed by atoms with Crippen LogP contribution >= 0.6 is 0 Å². The van der Waals surface area contributed by atoms with Crippen LogP contribution in [0.4, 0.5) is 0 Å². The van der Waals surface area contributed by atoms with Gasteiger partial charge in [-0.25, -0.2) is 4.98 Å². The summed E-state index contributed by atoms with van der Waals surface area (Å²) in [5, 5.41) is 0. The molecular formula is C20H19NO2. The number of oxazole rings is 1. The molecule has 0 bridgehead atoms. The standard InChI is InChI=1S/C20H19NO2/c1-3-7-18(15-10-12-17(22-2)13-11-15)19-14-21-20(23-19)16-8-5-4-6-9-16/h3-6,8-14,18H,1,7H2,2H3. The van der Waals surface area contributed by atoms with Crippen LogP contribution in [0.2, 0.25) is 0 Å². The Hall–Kier alpha value is -2.81. The van der Waals surface area contributed by atoms with Gasteiger partial charge >= 0.3 is 0 Å². The molecule has 3 rings (SSSR count). The van der Waals surface area contributed by atoms with Crippen molar-refractivity contribution in [2.24, 2.45) is 0 Å². The molecule has 3 aromatic rings. The fraction of sp³-hybridized carbons (Fsp3) is 0.150. The van der Waals surface area contributed by atoms with Crippen molar-refractivity contribution >= 4 is 0 Å². The molecule has 3 nitrogen and oxygen atoms in total. The summed E-state index contributed by atoms with van der Waals surface area (Å²) in [6.07, 6.45) is 4.50. The third-order valence-corrected chi connectivity index (χ3v) is 3.81. The summed E-state index contributed by atoms with van der Waals surface area (Å²) in [4.78, 5) is 4.42. The maximum atomic E-state index is 6.01. The third-order valence-electron chi connectivity index (χ3n) is 3.81. The van der Waals surface area contributed by atoms with Gasteiger partial charge < -0.3 is 9.15 Å². The van der Waals surface area contributed by atoms with Gasteiger partial charge in [0.2, 0.25) is 5.89 Å². The van der Waals surface area contributed by atoms with Gasteiger partial charge in [-0.15, -0.1) is 6.58 Å². The predicted octanol–water partition coefficient (Wildman–Crippen LogP) is 5.06. The van der Waals surface area contributed by atoms with Gasteiger partial charge in [0.05, 0.1) is 13.3 Å². The molecule has 0 amide bonds. The molecule has 0 saturated carbocycles. The highest BCUT2D eigenvalue weighted by molar-refractivity contribution is 5.52. The minimum Gasteiger partial charge on any atom is -0.497 e. The molecule has 0 spiro atoms. The Morgan fingerprint density at radius 1 is 1.13 bits per heavy atom. The molecule has 1 heterocycles. The first-order valence-electron chi connectivity index (χ1n) is 7.58. The maximum absolute atomic E-state index is 6.01. The molecule has 2 aromatic carbocycles. The van der Waals surface area contributed by atoms with Gasteiger partial charge in [-0.05, 0) is 36.2 Å². The lowest BCUT2D eigenvalue weighted by Gasteiger charge is -2.13. The monoisotopic (exact) mass is 305 g/mol. The average Bonchev–Trinajstić information content (AvgIpc) is 3.10. The van der Waals surface area contributed by atoms with Crippen LogP contribution < -0.4 is 4.74 Å². The smallest absolute Gasteiger partial charge is 0.226 e. The summed E-state index contributed by atoms with van der Waals surface area (Å²) in [5.41, 5.74) is 2.13. The molecule has 0 saturated heterocycles. The van der Waals surface area contributed by atoms with Crippen molar-refractivity contribution in [2.75, 3.05) is 7.11 Å². The van der Waals surface area contributed by atoms with E-state index >= 15 is 0 Å². The van der Waals surface area contributed by atoms with E-state index < -0.39 is 0 Å². The van der Waals surface area contributed by atoms with Crippen LogP contribution in [0.25, 0.3) is 11.5 Å². The van der Waals surface area contributed by atoms with Crippen LogP contribution in [0, 0.1) is 0 Å².